The number of hydrogen-bond acceptors (Lipinski definition) is 4. The molecule has 0 bridgehead atoms. The Morgan fingerprint density at radius 1 is 1.14 bits per heavy atom. The summed E-state index contributed by atoms with van der Waals surface area (Å²) in [7, 11) is 3.11. The van der Waals surface area contributed by atoms with Gasteiger partial charge in [-0.2, -0.15) is 0 Å². The zero-order chi connectivity index (χ0) is 15.2. The molecule has 6 heteroatoms. The van der Waals surface area contributed by atoms with E-state index in [2.05, 4.69) is 10.9 Å². The Balaban J connectivity index is 1.90. The van der Waals surface area contributed by atoms with E-state index in [-0.39, 0.29) is 11.8 Å². The molecule has 1 aromatic rings. The number of amides is 2. The molecular formula is C15H18N2O4. The van der Waals surface area contributed by atoms with Gasteiger partial charge in [0.25, 0.3) is 5.91 Å². The second kappa shape index (κ2) is 6.78. The molecule has 2 N–H and O–H groups in total. The smallest absolute Gasteiger partial charge is 0.262 e. The van der Waals surface area contributed by atoms with Crippen molar-refractivity contribution in [2.75, 3.05) is 14.2 Å². The molecule has 0 aliphatic heterocycles. The molecule has 0 radical (unpaired) electrons. The van der Waals surface area contributed by atoms with Crippen molar-refractivity contribution in [1.29, 1.82) is 0 Å². The summed E-state index contributed by atoms with van der Waals surface area (Å²) < 4.78 is 10.3. The van der Waals surface area contributed by atoms with Crippen LogP contribution in [0.1, 0.15) is 18.4 Å². The minimum atomic E-state index is -0.390. The highest BCUT2D eigenvalue weighted by atomic mass is 16.5. The van der Waals surface area contributed by atoms with Crippen molar-refractivity contribution in [3.05, 3.63) is 29.8 Å². The van der Waals surface area contributed by atoms with Crippen LogP contribution in [0, 0.1) is 5.92 Å². The van der Waals surface area contributed by atoms with E-state index in [1.807, 2.05) is 0 Å². The first-order chi connectivity index (χ1) is 10.1. The van der Waals surface area contributed by atoms with Gasteiger partial charge in [-0.15, -0.1) is 0 Å². The molecule has 112 valence electrons. The maximum Gasteiger partial charge on any atom is 0.262 e. The average Bonchev–Trinajstić information content (AvgIpc) is 3.35. The SMILES string of the molecule is COc1ccc(/C=C/C(=O)NNC(=O)C2CC2)cc1OC. The summed E-state index contributed by atoms with van der Waals surface area (Å²) in [5.41, 5.74) is 5.52. The molecule has 2 rings (SSSR count). The number of carbonyl (C=O) groups excluding carboxylic acids is 2. The quantitative estimate of drug-likeness (QED) is 0.632. The third kappa shape index (κ3) is 4.24. The van der Waals surface area contributed by atoms with E-state index in [0.717, 1.165) is 18.4 Å². The van der Waals surface area contributed by atoms with Gasteiger partial charge in [-0.1, -0.05) is 6.07 Å². The minimum Gasteiger partial charge on any atom is -0.493 e. The molecule has 0 saturated heterocycles. The van der Waals surface area contributed by atoms with E-state index in [9.17, 15) is 9.59 Å². The van der Waals surface area contributed by atoms with E-state index in [1.54, 1.807) is 38.5 Å². The molecule has 1 aromatic carbocycles. The van der Waals surface area contributed by atoms with Crippen LogP contribution in [0.3, 0.4) is 0 Å². The molecule has 0 heterocycles. The molecule has 0 unspecified atom stereocenters. The number of rotatable bonds is 5. The second-order valence-electron chi connectivity index (χ2n) is 4.70. The Bertz CT molecular complexity index is 565. The summed E-state index contributed by atoms with van der Waals surface area (Å²) in [4.78, 5) is 22.9. The van der Waals surface area contributed by atoms with Gasteiger partial charge >= 0.3 is 0 Å². The molecule has 2 amide bonds. The number of ether oxygens (including phenoxy) is 2. The predicted molar refractivity (Wildman–Crippen MR) is 77.6 cm³/mol. The van der Waals surface area contributed by atoms with Gasteiger partial charge in [0.15, 0.2) is 11.5 Å². The van der Waals surface area contributed by atoms with Crippen LogP contribution < -0.4 is 20.3 Å². The molecule has 6 nitrogen and oxygen atoms in total. The van der Waals surface area contributed by atoms with Crippen molar-refractivity contribution in [3.8, 4) is 11.5 Å². The first-order valence-electron chi connectivity index (χ1n) is 6.64. The average molecular weight is 290 g/mol. The predicted octanol–water partition coefficient (Wildman–Crippen LogP) is 1.27. The Kier molecular flexibility index (Phi) is 4.81. The number of hydrazine groups is 1. The lowest BCUT2D eigenvalue weighted by molar-refractivity contribution is -0.127. The van der Waals surface area contributed by atoms with Crippen LogP contribution >= 0.6 is 0 Å². The van der Waals surface area contributed by atoms with Crippen molar-refractivity contribution in [2.24, 2.45) is 5.92 Å². The number of methoxy groups -OCH3 is 2. The van der Waals surface area contributed by atoms with Crippen molar-refractivity contribution in [2.45, 2.75) is 12.8 Å². The van der Waals surface area contributed by atoms with Crippen LogP contribution in [0.25, 0.3) is 6.08 Å². The van der Waals surface area contributed by atoms with E-state index in [1.165, 1.54) is 6.08 Å². The fraction of sp³-hybridized carbons (Fsp3) is 0.333. The number of nitrogens with one attached hydrogen (secondary N) is 2. The fourth-order valence-electron chi connectivity index (χ4n) is 1.74. The molecule has 1 fully saturated rings. The van der Waals surface area contributed by atoms with Gasteiger partial charge in [0.2, 0.25) is 5.91 Å². The highest BCUT2D eigenvalue weighted by Crippen LogP contribution is 2.28. The normalized spacial score (nSPS) is 13.8. The van der Waals surface area contributed by atoms with Gasteiger partial charge < -0.3 is 9.47 Å². The highest BCUT2D eigenvalue weighted by Gasteiger charge is 2.29. The van der Waals surface area contributed by atoms with Gasteiger partial charge in [0.05, 0.1) is 14.2 Å². The van der Waals surface area contributed by atoms with Crippen LogP contribution in [-0.2, 0) is 9.59 Å². The summed E-state index contributed by atoms with van der Waals surface area (Å²) in [6.07, 6.45) is 4.75. The van der Waals surface area contributed by atoms with E-state index >= 15 is 0 Å². The first kappa shape index (κ1) is 14.9. The van der Waals surface area contributed by atoms with Crippen molar-refractivity contribution >= 4 is 17.9 Å². The highest BCUT2D eigenvalue weighted by molar-refractivity contribution is 5.93. The van der Waals surface area contributed by atoms with E-state index in [4.69, 9.17) is 9.47 Å². The monoisotopic (exact) mass is 290 g/mol. The van der Waals surface area contributed by atoms with Gasteiger partial charge in [-0.05, 0) is 36.6 Å². The summed E-state index contributed by atoms with van der Waals surface area (Å²) in [5, 5.41) is 0. The Labute approximate surface area is 123 Å². The van der Waals surface area contributed by atoms with Gasteiger partial charge in [-0.25, -0.2) is 0 Å². The van der Waals surface area contributed by atoms with E-state index in [0.29, 0.717) is 11.5 Å². The zero-order valence-electron chi connectivity index (χ0n) is 12.0. The number of hydrogen-bond donors (Lipinski definition) is 2. The number of carbonyl (C=O) groups is 2. The lowest BCUT2D eigenvalue weighted by Gasteiger charge is -2.07. The largest absolute Gasteiger partial charge is 0.493 e. The summed E-state index contributed by atoms with van der Waals surface area (Å²) >= 11 is 0. The number of benzene rings is 1. The Morgan fingerprint density at radius 2 is 1.86 bits per heavy atom. The topological polar surface area (TPSA) is 76.7 Å². The zero-order valence-corrected chi connectivity index (χ0v) is 12.0. The molecule has 21 heavy (non-hydrogen) atoms. The lowest BCUT2D eigenvalue weighted by Crippen LogP contribution is -2.41. The Morgan fingerprint density at radius 3 is 2.48 bits per heavy atom. The maximum atomic E-state index is 11.6. The van der Waals surface area contributed by atoms with Crippen LogP contribution in [0.2, 0.25) is 0 Å². The molecule has 0 atom stereocenters. The third-order valence-corrected chi connectivity index (χ3v) is 3.09. The maximum absolute atomic E-state index is 11.6. The van der Waals surface area contributed by atoms with Crippen molar-refractivity contribution < 1.29 is 19.1 Å². The molecule has 0 aromatic heterocycles. The second-order valence-corrected chi connectivity index (χ2v) is 4.70. The van der Waals surface area contributed by atoms with Gasteiger partial charge in [0, 0.05) is 12.0 Å². The van der Waals surface area contributed by atoms with Crippen LogP contribution in [0.4, 0.5) is 0 Å². The molecular weight excluding hydrogens is 272 g/mol. The van der Waals surface area contributed by atoms with Crippen molar-refractivity contribution in [3.63, 3.8) is 0 Å². The third-order valence-electron chi connectivity index (χ3n) is 3.09. The molecule has 0 spiro atoms. The van der Waals surface area contributed by atoms with Gasteiger partial charge in [-0.3, -0.25) is 20.4 Å². The molecule has 1 aliphatic rings. The standard InChI is InChI=1S/C15H18N2O4/c1-20-12-7-3-10(9-13(12)21-2)4-8-14(18)16-17-15(19)11-5-6-11/h3-4,7-9,11H,5-6H2,1-2H3,(H,16,18)(H,17,19)/b8-4+. The van der Waals surface area contributed by atoms with E-state index < -0.39 is 5.91 Å². The lowest BCUT2D eigenvalue weighted by atomic mass is 10.2. The van der Waals surface area contributed by atoms with Crippen LogP contribution in [0.15, 0.2) is 24.3 Å². The first-order valence-corrected chi connectivity index (χ1v) is 6.64. The Hall–Kier alpha value is -2.50. The summed E-state index contributed by atoms with van der Waals surface area (Å²) in [5.74, 6) is 0.736. The van der Waals surface area contributed by atoms with Crippen LogP contribution in [-0.4, -0.2) is 26.0 Å². The summed E-state index contributed by atoms with van der Waals surface area (Å²) in [6.45, 7) is 0. The summed E-state index contributed by atoms with van der Waals surface area (Å²) in [6, 6.07) is 5.31. The van der Waals surface area contributed by atoms with Gasteiger partial charge in [0.1, 0.15) is 0 Å². The van der Waals surface area contributed by atoms with Crippen LogP contribution in [0.5, 0.6) is 11.5 Å². The molecule has 1 aliphatic carbocycles. The fourth-order valence-corrected chi connectivity index (χ4v) is 1.74. The minimum absolute atomic E-state index is 0.0557. The molecule has 1 saturated carbocycles. The van der Waals surface area contributed by atoms with Crippen molar-refractivity contribution in [1.82, 2.24) is 10.9 Å².